The van der Waals surface area contributed by atoms with Crippen LogP contribution in [0.4, 0.5) is 0 Å². The van der Waals surface area contributed by atoms with Crippen LogP contribution in [0.5, 0.6) is 0 Å². The number of halogens is 1. The number of aliphatic imine (C=N–C) groups is 1. The monoisotopic (exact) mass is 437 g/mol. The van der Waals surface area contributed by atoms with Crippen LogP contribution in [0.3, 0.4) is 0 Å². The summed E-state index contributed by atoms with van der Waals surface area (Å²) in [7, 11) is 2.19. The Hall–Kier alpha value is -0.410. The van der Waals surface area contributed by atoms with Gasteiger partial charge >= 0.3 is 0 Å². The Morgan fingerprint density at radius 1 is 1.41 bits per heavy atom. The lowest BCUT2D eigenvalue weighted by Crippen LogP contribution is -2.40. The minimum atomic E-state index is 0. The molecule has 0 amide bonds. The topological polar surface area (TPSA) is 52.6 Å². The third kappa shape index (κ3) is 6.00. The van der Waals surface area contributed by atoms with Gasteiger partial charge in [-0.2, -0.15) is 0 Å². The van der Waals surface area contributed by atoms with Gasteiger partial charge in [0.05, 0.1) is 12.2 Å². The van der Waals surface area contributed by atoms with Crippen molar-refractivity contribution < 1.29 is 0 Å². The minimum Gasteiger partial charge on any atom is -0.357 e. The average molecular weight is 437 g/mol. The summed E-state index contributed by atoms with van der Waals surface area (Å²) in [5.74, 6) is 1.63. The number of aromatic nitrogens is 1. The summed E-state index contributed by atoms with van der Waals surface area (Å²) in [6.07, 6.45) is 1.27. The van der Waals surface area contributed by atoms with Gasteiger partial charge in [-0.1, -0.05) is 0 Å². The second-order valence-electron chi connectivity index (χ2n) is 5.74. The number of hydrogen-bond acceptors (Lipinski definition) is 4. The molecule has 5 nitrogen and oxygen atoms in total. The summed E-state index contributed by atoms with van der Waals surface area (Å²) in [5.41, 5.74) is 1.12. The number of rotatable bonds is 5. The average Bonchev–Trinajstić information content (AvgIpc) is 3.00. The van der Waals surface area contributed by atoms with Crippen molar-refractivity contribution in [2.45, 2.75) is 33.7 Å². The summed E-state index contributed by atoms with van der Waals surface area (Å²) in [5, 5.41) is 7.86. The second-order valence-corrected chi connectivity index (χ2v) is 7.03. The molecule has 2 rings (SSSR count). The molecule has 0 radical (unpaired) electrons. The van der Waals surface area contributed by atoms with E-state index in [2.05, 4.69) is 53.3 Å². The van der Waals surface area contributed by atoms with Gasteiger partial charge in [-0.25, -0.2) is 9.98 Å². The molecule has 1 fully saturated rings. The third-order valence-electron chi connectivity index (χ3n) is 3.84. The molecule has 1 aromatic rings. The van der Waals surface area contributed by atoms with E-state index in [4.69, 9.17) is 0 Å². The number of thiazole rings is 1. The molecule has 1 aliphatic heterocycles. The highest BCUT2D eigenvalue weighted by atomic mass is 127. The van der Waals surface area contributed by atoms with Crippen molar-refractivity contribution in [3.8, 4) is 0 Å². The smallest absolute Gasteiger partial charge is 0.191 e. The van der Waals surface area contributed by atoms with Gasteiger partial charge < -0.3 is 15.5 Å². The van der Waals surface area contributed by atoms with Gasteiger partial charge in [0, 0.05) is 24.5 Å². The molecule has 22 heavy (non-hydrogen) atoms. The lowest BCUT2D eigenvalue weighted by Gasteiger charge is -2.15. The summed E-state index contributed by atoms with van der Waals surface area (Å²) < 4.78 is 0. The molecule has 0 aromatic carbocycles. The van der Waals surface area contributed by atoms with E-state index in [0.29, 0.717) is 6.54 Å². The lowest BCUT2D eigenvalue weighted by atomic mass is 10.1. The highest BCUT2D eigenvalue weighted by Crippen LogP contribution is 2.17. The Balaban J connectivity index is 0.00000242. The predicted octanol–water partition coefficient (Wildman–Crippen LogP) is 2.38. The maximum Gasteiger partial charge on any atom is 0.191 e. The fraction of sp³-hybridized carbons (Fsp3) is 0.733. The van der Waals surface area contributed by atoms with E-state index in [1.807, 2.05) is 0 Å². The van der Waals surface area contributed by atoms with Crippen molar-refractivity contribution >= 4 is 41.3 Å². The number of likely N-dealkylation sites (tertiary alicyclic amines) is 1. The molecule has 1 saturated heterocycles. The molecular weight excluding hydrogens is 409 g/mol. The first-order valence-corrected chi connectivity index (χ1v) is 8.53. The highest BCUT2D eigenvalue weighted by molar-refractivity contribution is 14.0. The van der Waals surface area contributed by atoms with E-state index in [9.17, 15) is 0 Å². The second kappa shape index (κ2) is 9.67. The summed E-state index contributed by atoms with van der Waals surface area (Å²) >= 11 is 1.74. The number of hydrogen-bond donors (Lipinski definition) is 2. The van der Waals surface area contributed by atoms with Gasteiger partial charge in [-0.3, -0.25) is 0 Å². The minimum absolute atomic E-state index is 0. The van der Waals surface area contributed by atoms with Crippen LogP contribution in [0.15, 0.2) is 4.99 Å². The normalized spacial score (nSPS) is 19.1. The number of guanidine groups is 1. The SMILES string of the molecule is CCNC(=NCc1nc(C)c(C)s1)NCC1CCN(C)C1.I. The molecule has 126 valence electrons. The van der Waals surface area contributed by atoms with Crippen LogP contribution in [0, 0.1) is 19.8 Å². The molecule has 1 aliphatic rings. The first kappa shape index (κ1) is 19.6. The van der Waals surface area contributed by atoms with Gasteiger partial charge in [0.15, 0.2) is 5.96 Å². The van der Waals surface area contributed by atoms with Gasteiger partial charge in [0.25, 0.3) is 0 Å². The Kier molecular flexibility index (Phi) is 8.63. The van der Waals surface area contributed by atoms with Crippen LogP contribution in [0.2, 0.25) is 0 Å². The molecule has 2 N–H and O–H groups in total. The summed E-state index contributed by atoms with van der Waals surface area (Å²) in [6, 6.07) is 0. The zero-order valence-electron chi connectivity index (χ0n) is 14.0. The molecule has 0 spiro atoms. The molecule has 2 heterocycles. The quantitative estimate of drug-likeness (QED) is 0.422. The molecule has 0 saturated carbocycles. The van der Waals surface area contributed by atoms with Crippen LogP contribution in [-0.2, 0) is 6.54 Å². The van der Waals surface area contributed by atoms with Crippen molar-refractivity contribution in [1.82, 2.24) is 20.5 Å². The molecule has 0 bridgehead atoms. The van der Waals surface area contributed by atoms with Crippen molar-refractivity contribution in [1.29, 1.82) is 0 Å². The number of aryl methyl sites for hydroxylation is 2. The Morgan fingerprint density at radius 2 is 2.18 bits per heavy atom. The Morgan fingerprint density at radius 3 is 2.73 bits per heavy atom. The lowest BCUT2D eigenvalue weighted by molar-refractivity contribution is 0.394. The van der Waals surface area contributed by atoms with Gasteiger partial charge in [-0.15, -0.1) is 35.3 Å². The zero-order valence-corrected chi connectivity index (χ0v) is 17.1. The zero-order chi connectivity index (χ0) is 15.2. The number of nitrogens with one attached hydrogen (secondary N) is 2. The van der Waals surface area contributed by atoms with Crippen LogP contribution < -0.4 is 10.6 Å². The van der Waals surface area contributed by atoms with Crippen LogP contribution in [0.25, 0.3) is 0 Å². The predicted molar refractivity (Wildman–Crippen MR) is 105 cm³/mol. The van der Waals surface area contributed by atoms with E-state index >= 15 is 0 Å². The van der Waals surface area contributed by atoms with Gasteiger partial charge in [-0.05, 0) is 46.7 Å². The summed E-state index contributed by atoms with van der Waals surface area (Å²) in [4.78, 5) is 12.9. The van der Waals surface area contributed by atoms with E-state index in [1.165, 1.54) is 24.4 Å². The fourth-order valence-electron chi connectivity index (χ4n) is 2.53. The first-order chi connectivity index (χ1) is 10.1. The third-order valence-corrected chi connectivity index (χ3v) is 4.89. The standard InChI is InChI=1S/C15H27N5S.HI/c1-5-16-15(17-8-13-6-7-20(4)10-13)18-9-14-19-11(2)12(3)21-14;/h13H,5-10H2,1-4H3,(H2,16,17,18);1H. The van der Waals surface area contributed by atoms with Crippen molar-refractivity contribution in [3.63, 3.8) is 0 Å². The van der Waals surface area contributed by atoms with Crippen LogP contribution in [-0.4, -0.2) is 49.1 Å². The summed E-state index contributed by atoms with van der Waals surface area (Å²) in [6.45, 7) is 11.2. The van der Waals surface area contributed by atoms with Crippen LogP contribution in [0.1, 0.15) is 28.9 Å². The molecule has 7 heteroatoms. The first-order valence-electron chi connectivity index (χ1n) is 7.72. The molecule has 1 aromatic heterocycles. The fourth-order valence-corrected chi connectivity index (χ4v) is 3.39. The molecule has 0 aliphatic carbocycles. The molecule has 1 unspecified atom stereocenters. The van der Waals surface area contributed by atoms with E-state index in [1.54, 1.807) is 11.3 Å². The van der Waals surface area contributed by atoms with Crippen molar-refractivity contribution in [2.75, 3.05) is 33.2 Å². The van der Waals surface area contributed by atoms with Crippen LogP contribution >= 0.6 is 35.3 Å². The molecular formula is C15H28IN5S. The Labute approximate surface area is 155 Å². The van der Waals surface area contributed by atoms with Gasteiger partial charge in [0.1, 0.15) is 5.01 Å². The largest absolute Gasteiger partial charge is 0.357 e. The molecule has 1 atom stereocenters. The maximum absolute atomic E-state index is 4.65. The van der Waals surface area contributed by atoms with E-state index in [0.717, 1.165) is 35.7 Å². The Bertz CT molecular complexity index is 469. The van der Waals surface area contributed by atoms with E-state index < -0.39 is 0 Å². The highest BCUT2D eigenvalue weighted by Gasteiger charge is 2.19. The van der Waals surface area contributed by atoms with Crippen molar-refractivity contribution in [3.05, 3.63) is 15.6 Å². The van der Waals surface area contributed by atoms with E-state index in [-0.39, 0.29) is 24.0 Å². The van der Waals surface area contributed by atoms with Gasteiger partial charge in [0.2, 0.25) is 0 Å². The number of nitrogens with zero attached hydrogens (tertiary/aromatic N) is 3. The maximum atomic E-state index is 4.65. The van der Waals surface area contributed by atoms with Crippen molar-refractivity contribution in [2.24, 2.45) is 10.9 Å².